The maximum Gasteiger partial charge on any atom is 0.315 e. The largest absolute Gasteiger partial charge is 0.354 e. The van der Waals surface area contributed by atoms with Crippen molar-refractivity contribution in [2.24, 2.45) is 0 Å². The van der Waals surface area contributed by atoms with Gasteiger partial charge in [0.15, 0.2) is 0 Å². The fourth-order valence-corrected chi connectivity index (χ4v) is 1.32. The van der Waals surface area contributed by atoms with Crippen LogP contribution in [0.15, 0.2) is 0 Å². The molecule has 0 aromatic carbocycles. The average molecular weight is 199 g/mol. The summed E-state index contributed by atoms with van der Waals surface area (Å²) in [6.07, 6.45) is 2.43. The minimum atomic E-state index is -0.181. The first kappa shape index (κ1) is 10.8. The number of urea groups is 1. The van der Waals surface area contributed by atoms with Gasteiger partial charge >= 0.3 is 6.03 Å². The zero-order chi connectivity index (χ0) is 10.4. The number of nitrogens with one attached hydrogen (secondary N) is 3. The minimum absolute atomic E-state index is 0.00357. The molecule has 0 saturated carbocycles. The molecule has 0 aliphatic carbocycles. The van der Waals surface area contributed by atoms with E-state index < -0.39 is 0 Å². The quantitative estimate of drug-likeness (QED) is 0.557. The highest BCUT2D eigenvalue weighted by atomic mass is 16.2. The second-order valence-electron chi connectivity index (χ2n) is 3.46. The molecule has 3 N–H and O–H groups in total. The predicted octanol–water partition coefficient (Wildman–Crippen LogP) is -0.0258. The molecule has 5 heteroatoms. The summed E-state index contributed by atoms with van der Waals surface area (Å²) in [5, 5.41) is 8.13. The van der Waals surface area contributed by atoms with Gasteiger partial charge in [-0.1, -0.05) is 13.3 Å². The molecule has 1 fully saturated rings. The molecule has 1 heterocycles. The summed E-state index contributed by atoms with van der Waals surface area (Å²) in [4.78, 5) is 22.0. The van der Waals surface area contributed by atoms with Crippen molar-refractivity contribution in [1.82, 2.24) is 16.0 Å². The Morgan fingerprint density at radius 3 is 3.00 bits per heavy atom. The van der Waals surface area contributed by atoms with Gasteiger partial charge in [0.2, 0.25) is 5.91 Å². The van der Waals surface area contributed by atoms with E-state index in [4.69, 9.17) is 0 Å². The van der Waals surface area contributed by atoms with Crippen molar-refractivity contribution >= 4 is 11.9 Å². The topological polar surface area (TPSA) is 70.2 Å². The van der Waals surface area contributed by atoms with Gasteiger partial charge in [-0.3, -0.25) is 4.79 Å². The number of hydrogen-bond acceptors (Lipinski definition) is 2. The van der Waals surface area contributed by atoms with Crippen molar-refractivity contribution < 1.29 is 9.59 Å². The fraction of sp³-hybridized carbons (Fsp3) is 0.778. The van der Waals surface area contributed by atoms with Crippen LogP contribution in [0.4, 0.5) is 4.79 Å². The Morgan fingerprint density at radius 2 is 2.43 bits per heavy atom. The van der Waals surface area contributed by atoms with Gasteiger partial charge in [0.25, 0.3) is 0 Å². The van der Waals surface area contributed by atoms with Gasteiger partial charge in [-0.15, -0.1) is 0 Å². The lowest BCUT2D eigenvalue weighted by atomic mass is 10.2. The third kappa shape index (κ3) is 3.64. The molecule has 0 bridgehead atoms. The van der Waals surface area contributed by atoms with Crippen LogP contribution >= 0.6 is 0 Å². The summed E-state index contributed by atoms with van der Waals surface area (Å²) in [5.74, 6) is 0.00357. The SMILES string of the molecule is CCCCNC(=O)NC1CNC(=O)C1. The Labute approximate surface area is 83.6 Å². The molecule has 1 rings (SSSR count). The summed E-state index contributed by atoms with van der Waals surface area (Å²) < 4.78 is 0. The molecule has 14 heavy (non-hydrogen) atoms. The molecule has 1 aliphatic rings. The number of amides is 3. The number of hydrogen-bond donors (Lipinski definition) is 3. The third-order valence-electron chi connectivity index (χ3n) is 2.13. The molecule has 80 valence electrons. The van der Waals surface area contributed by atoms with E-state index in [0.717, 1.165) is 12.8 Å². The summed E-state index contributed by atoms with van der Waals surface area (Å²) in [6, 6.07) is -0.232. The summed E-state index contributed by atoms with van der Waals surface area (Å²) in [6.45, 7) is 3.30. The first-order chi connectivity index (χ1) is 6.72. The smallest absolute Gasteiger partial charge is 0.315 e. The maximum atomic E-state index is 11.2. The average Bonchev–Trinajstić information content (AvgIpc) is 2.52. The number of carbonyl (C=O) groups excluding carboxylic acids is 2. The minimum Gasteiger partial charge on any atom is -0.354 e. The molecule has 1 unspecified atom stereocenters. The van der Waals surface area contributed by atoms with E-state index >= 15 is 0 Å². The molecule has 0 aromatic rings. The van der Waals surface area contributed by atoms with Crippen LogP contribution < -0.4 is 16.0 Å². The van der Waals surface area contributed by atoms with Crippen molar-refractivity contribution in [2.75, 3.05) is 13.1 Å². The first-order valence-corrected chi connectivity index (χ1v) is 5.03. The first-order valence-electron chi connectivity index (χ1n) is 5.03. The van der Waals surface area contributed by atoms with Crippen molar-refractivity contribution in [3.63, 3.8) is 0 Å². The second-order valence-corrected chi connectivity index (χ2v) is 3.46. The van der Waals surface area contributed by atoms with Gasteiger partial charge in [0.05, 0.1) is 6.04 Å². The summed E-state index contributed by atoms with van der Waals surface area (Å²) in [5.41, 5.74) is 0. The van der Waals surface area contributed by atoms with Crippen LogP contribution in [0, 0.1) is 0 Å². The van der Waals surface area contributed by atoms with Gasteiger partial charge in [0, 0.05) is 19.5 Å². The van der Waals surface area contributed by atoms with Crippen LogP contribution in [-0.2, 0) is 4.79 Å². The lowest BCUT2D eigenvalue weighted by Crippen LogP contribution is -2.43. The van der Waals surface area contributed by atoms with Gasteiger partial charge in [-0.2, -0.15) is 0 Å². The Balaban J connectivity index is 2.11. The zero-order valence-electron chi connectivity index (χ0n) is 8.43. The van der Waals surface area contributed by atoms with Crippen molar-refractivity contribution in [3.05, 3.63) is 0 Å². The summed E-state index contributed by atoms with van der Waals surface area (Å²) >= 11 is 0. The molecule has 1 aliphatic heterocycles. The van der Waals surface area contributed by atoms with Gasteiger partial charge in [-0.05, 0) is 6.42 Å². The maximum absolute atomic E-state index is 11.2. The lowest BCUT2D eigenvalue weighted by Gasteiger charge is -2.11. The van der Waals surface area contributed by atoms with Crippen LogP contribution in [0.3, 0.4) is 0 Å². The van der Waals surface area contributed by atoms with Crippen LogP contribution in [0.5, 0.6) is 0 Å². The van der Waals surface area contributed by atoms with Crippen molar-refractivity contribution in [2.45, 2.75) is 32.2 Å². The molecule has 0 spiro atoms. The van der Waals surface area contributed by atoms with Crippen LogP contribution in [0.1, 0.15) is 26.2 Å². The molecule has 5 nitrogen and oxygen atoms in total. The van der Waals surface area contributed by atoms with E-state index in [1.165, 1.54) is 0 Å². The Hall–Kier alpha value is -1.26. The predicted molar refractivity (Wildman–Crippen MR) is 52.9 cm³/mol. The highest BCUT2D eigenvalue weighted by Crippen LogP contribution is 1.98. The molecule has 1 atom stereocenters. The van der Waals surface area contributed by atoms with Gasteiger partial charge < -0.3 is 16.0 Å². The Morgan fingerprint density at radius 1 is 1.64 bits per heavy atom. The normalized spacial score (nSPS) is 20.4. The van der Waals surface area contributed by atoms with Gasteiger partial charge in [0.1, 0.15) is 0 Å². The molecule has 0 radical (unpaired) electrons. The number of carbonyl (C=O) groups is 2. The molecule has 3 amide bonds. The lowest BCUT2D eigenvalue weighted by molar-refractivity contribution is -0.119. The van der Waals surface area contributed by atoms with E-state index in [1.807, 2.05) is 0 Å². The van der Waals surface area contributed by atoms with Gasteiger partial charge in [-0.25, -0.2) is 4.79 Å². The zero-order valence-corrected chi connectivity index (χ0v) is 8.43. The van der Waals surface area contributed by atoms with E-state index in [2.05, 4.69) is 22.9 Å². The number of rotatable bonds is 4. The monoisotopic (exact) mass is 199 g/mol. The van der Waals surface area contributed by atoms with Crippen molar-refractivity contribution in [1.29, 1.82) is 0 Å². The third-order valence-corrected chi connectivity index (χ3v) is 2.13. The van der Waals surface area contributed by atoms with Crippen LogP contribution in [0.2, 0.25) is 0 Å². The highest BCUT2D eigenvalue weighted by Gasteiger charge is 2.22. The molecule has 0 aromatic heterocycles. The second kappa shape index (κ2) is 5.47. The highest BCUT2D eigenvalue weighted by molar-refractivity contribution is 5.81. The van der Waals surface area contributed by atoms with Crippen LogP contribution in [0.25, 0.3) is 0 Å². The fourth-order valence-electron chi connectivity index (χ4n) is 1.32. The van der Waals surface area contributed by atoms with E-state index in [-0.39, 0.29) is 18.0 Å². The van der Waals surface area contributed by atoms with E-state index in [1.54, 1.807) is 0 Å². The van der Waals surface area contributed by atoms with E-state index in [9.17, 15) is 9.59 Å². The van der Waals surface area contributed by atoms with Crippen LogP contribution in [-0.4, -0.2) is 31.1 Å². The van der Waals surface area contributed by atoms with Crippen molar-refractivity contribution in [3.8, 4) is 0 Å². The standard InChI is InChI=1S/C9H17N3O2/c1-2-3-4-10-9(14)12-7-5-8(13)11-6-7/h7H,2-6H2,1H3,(H,11,13)(H2,10,12,14). The molecular formula is C9H17N3O2. The molecular weight excluding hydrogens is 182 g/mol. The Bertz CT molecular complexity index is 218. The van der Waals surface area contributed by atoms with E-state index in [0.29, 0.717) is 19.5 Å². The summed E-state index contributed by atoms with van der Waals surface area (Å²) in [7, 11) is 0. The number of unbranched alkanes of at least 4 members (excludes halogenated alkanes) is 1. The molecule has 1 saturated heterocycles. The Kier molecular flexibility index (Phi) is 4.22.